The first-order valence-electron chi connectivity index (χ1n) is 6.62. The molecule has 0 amide bonds. The average molecular weight is 289 g/mol. The Hall–Kier alpha value is -1.75. The van der Waals surface area contributed by atoms with Gasteiger partial charge in [0.2, 0.25) is 5.88 Å². The summed E-state index contributed by atoms with van der Waals surface area (Å²) in [6.07, 6.45) is 3.10. The number of nitrogens with one attached hydrogen (secondary N) is 1. The Bertz CT molecular complexity index is 558. The van der Waals surface area contributed by atoms with E-state index in [1.807, 2.05) is 37.3 Å². The Labute approximate surface area is 124 Å². The zero-order chi connectivity index (χ0) is 14.4. The fourth-order valence-electron chi connectivity index (χ4n) is 1.70. The number of thioether (sulfide) groups is 1. The van der Waals surface area contributed by atoms with Crippen molar-refractivity contribution < 1.29 is 4.74 Å². The third kappa shape index (κ3) is 4.13. The minimum Gasteiger partial charge on any atom is -0.439 e. The van der Waals surface area contributed by atoms with Crippen LogP contribution in [-0.4, -0.2) is 22.8 Å². The van der Waals surface area contributed by atoms with Gasteiger partial charge in [-0.2, -0.15) is 4.98 Å². The topological polar surface area (TPSA) is 47.0 Å². The maximum Gasteiger partial charge on any atom is 0.224 e. The van der Waals surface area contributed by atoms with Crippen molar-refractivity contribution in [2.45, 2.75) is 25.2 Å². The highest BCUT2D eigenvalue weighted by molar-refractivity contribution is 7.98. The maximum atomic E-state index is 5.78. The number of aromatic nitrogens is 2. The van der Waals surface area contributed by atoms with Crippen LogP contribution in [0.5, 0.6) is 11.6 Å². The van der Waals surface area contributed by atoms with Crippen molar-refractivity contribution in [1.29, 1.82) is 0 Å². The monoisotopic (exact) mass is 289 g/mol. The molecule has 0 bridgehead atoms. The number of anilines is 1. The van der Waals surface area contributed by atoms with E-state index in [0.29, 0.717) is 11.7 Å². The lowest BCUT2D eigenvalue weighted by Crippen LogP contribution is -2.04. The van der Waals surface area contributed by atoms with E-state index in [2.05, 4.69) is 28.5 Å². The van der Waals surface area contributed by atoms with Crippen LogP contribution in [0.4, 0.5) is 5.82 Å². The van der Waals surface area contributed by atoms with Gasteiger partial charge in [-0.1, -0.05) is 6.92 Å². The summed E-state index contributed by atoms with van der Waals surface area (Å²) < 4.78 is 5.78. The van der Waals surface area contributed by atoms with Gasteiger partial charge in [-0.15, -0.1) is 11.8 Å². The van der Waals surface area contributed by atoms with Crippen LogP contribution in [0, 0.1) is 6.92 Å². The molecule has 2 aromatic rings. The van der Waals surface area contributed by atoms with Crippen molar-refractivity contribution >= 4 is 17.6 Å². The van der Waals surface area contributed by atoms with E-state index >= 15 is 0 Å². The Morgan fingerprint density at radius 2 is 1.95 bits per heavy atom. The Morgan fingerprint density at radius 3 is 2.60 bits per heavy atom. The minimum atomic E-state index is 0.563. The molecular formula is C15H19N3OS. The number of rotatable bonds is 6. The van der Waals surface area contributed by atoms with E-state index in [4.69, 9.17) is 4.74 Å². The lowest BCUT2D eigenvalue weighted by Gasteiger charge is -2.09. The quantitative estimate of drug-likeness (QED) is 0.810. The van der Waals surface area contributed by atoms with Crippen LogP contribution in [0.15, 0.2) is 35.2 Å². The zero-order valence-corrected chi connectivity index (χ0v) is 12.8. The second-order valence-electron chi connectivity index (χ2n) is 4.34. The predicted octanol–water partition coefficient (Wildman–Crippen LogP) is 4.12. The number of benzene rings is 1. The molecule has 5 heteroatoms. The van der Waals surface area contributed by atoms with E-state index in [1.165, 1.54) is 4.90 Å². The molecule has 1 aromatic heterocycles. The molecule has 0 aliphatic carbocycles. The summed E-state index contributed by atoms with van der Waals surface area (Å²) >= 11 is 1.71. The van der Waals surface area contributed by atoms with Gasteiger partial charge in [0.15, 0.2) is 0 Å². The number of hydrogen-bond donors (Lipinski definition) is 1. The molecule has 1 heterocycles. The van der Waals surface area contributed by atoms with E-state index in [9.17, 15) is 0 Å². The third-order valence-corrected chi connectivity index (χ3v) is 3.40. The predicted molar refractivity (Wildman–Crippen MR) is 83.8 cm³/mol. The summed E-state index contributed by atoms with van der Waals surface area (Å²) in [5.74, 6) is 2.84. The molecule has 0 unspecified atom stereocenters. The number of nitrogens with zero attached hydrogens (tertiary/aromatic N) is 2. The van der Waals surface area contributed by atoms with Crippen molar-refractivity contribution in [2.75, 3.05) is 18.1 Å². The van der Waals surface area contributed by atoms with Crippen molar-refractivity contribution in [3.8, 4) is 11.6 Å². The fourth-order valence-corrected chi connectivity index (χ4v) is 2.11. The summed E-state index contributed by atoms with van der Waals surface area (Å²) in [6, 6.07) is 9.78. The lowest BCUT2D eigenvalue weighted by molar-refractivity contribution is 0.460. The van der Waals surface area contributed by atoms with E-state index < -0.39 is 0 Å². The highest BCUT2D eigenvalue weighted by Gasteiger charge is 2.04. The van der Waals surface area contributed by atoms with Crippen molar-refractivity contribution in [3.05, 3.63) is 36.2 Å². The Morgan fingerprint density at radius 1 is 1.20 bits per heavy atom. The summed E-state index contributed by atoms with van der Waals surface area (Å²) in [5.41, 5.74) is 0. The molecule has 0 aliphatic rings. The molecule has 0 spiro atoms. The van der Waals surface area contributed by atoms with Crippen molar-refractivity contribution in [1.82, 2.24) is 9.97 Å². The van der Waals surface area contributed by atoms with Gasteiger partial charge in [0.05, 0.1) is 0 Å². The SMILES string of the molecule is CCCNc1cc(Oc2ccc(SC)cc2)nc(C)n1. The third-order valence-electron chi connectivity index (χ3n) is 2.65. The normalized spacial score (nSPS) is 10.3. The molecule has 0 atom stereocenters. The molecule has 0 fully saturated rings. The first-order valence-corrected chi connectivity index (χ1v) is 7.85. The van der Waals surface area contributed by atoms with Crippen LogP contribution in [0.2, 0.25) is 0 Å². The second kappa shape index (κ2) is 7.14. The zero-order valence-electron chi connectivity index (χ0n) is 12.0. The summed E-state index contributed by atoms with van der Waals surface area (Å²) in [7, 11) is 0. The Kier molecular flexibility index (Phi) is 5.24. The van der Waals surface area contributed by atoms with Crippen LogP contribution in [0.1, 0.15) is 19.2 Å². The average Bonchev–Trinajstić information content (AvgIpc) is 2.45. The van der Waals surface area contributed by atoms with Crippen LogP contribution < -0.4 is 10.1 Å². The standard InChI is InChI=1S/C15H19N3OS/c1-4-9-16-14-10-15(18-11(2)17-14)19-12-5-7-13(20-3)8-6-12/h5-8,10H,4,9H2,1-3H3,(H,16,17,18). The summed E-state index contributed by atoms with van der Waals surface area (Å²) in [6.45, 7) is 4.87. The maximum absolute atomic E-state index is 5.78. The number of hydrogen-bond acceptors (Lipinski definition) is 5. The molecule has 0 aliphatic heterocycles. The summed E-state index contributed by atoms with van der Waals surface area (Å²) in [5, 5.41) is 3.25. The van der Waals surface area contributed by atoms with Crippen molar-refractivity contribution in [3.63, 3.8) is 0 Å². The highest BCUT2D eigenvalue weighted by atomic mass is 32.2. The number of aryl methyl sites for hydroxylation is 1. The van der Waals surface area contributed by atoms with Gasteiger partial charge in [0.25, 0.3) is 0 Å². The molecule has 1 N–H and O–H groups in total. The molecule has 0 saturated heterocycles. The van der Waals surface area contributed by atoms with Gasteiger partial charge in [-0.05, 0) is 43.9 Å². The minimum absolute atomic E-state index is 0.563. The fraction of sp³-hybridized carbons (Fsp3) is 0.333. The van der Waals surface area contributed by atoms with Gasteiger partial charge >= 0.3 is 0 Å². The van der Waals surface area contributed by atoms with Crippen LogP contribution in [0.3, 0.4) is 0 Å². The van der Waals surface area contributed by atoms with Crippen LogP contribution in [0.25, 0.3) is 0 Å². The van der Waals surface area contributed by atoms with Crippen LogP contribution in [-0.2, 0) is 0 Å². The lowest BCUT2D eigenvalue weighted by atomic mass is 10.3. The smallest absolute Gasteiger partial charge is 0.224 e. The first-order chi connectivity index (χ1) is 9.71. The molecule has 0 radical (unpaired) electrons. The highest BCUT2D eigenvalue weighted by Crippen LogP contribution is 2.24. The van der Waals surface area contributed by atoms with Gasteiger partial charge < -0.3 is 10.1 Å². The van der Waals surface area contributed by atoms with Gasteiger partial charge in [-0.25, -0.2) is 4.98 Å². The Balaban J connectivity index is 2.12. The molecule has 0 saturated carbocycles. The van der Waals surface area contributed by atoms with Gasteiger partial charge in [-0.3, -0.25) is 0 Å². The van der Waals surface area contributed by atoms with E-state index in [0.717, 1.165) is 24.5 Å². The number of ether oxygens (including phenoxy) is 1. The molecule has 4 nitrogen and oxygen atoms in total. The van der Waals surface area contributed by atoms with Crippen LogP contribution >= 0.6 is 11.8 Å². The van der Waals surface area contributed by atoms with Gasteiger partial charge in [0, 0.05) is 17.5 Å². The first kappa shape index (κ1) is 14.7. The molecule has 1 aromatic carbocycles. The molecule has 20 heavy (non-hydrogen) atoms. The van der Waals surface area contributed by atoms with Crippen molar-refractivity contribution in [2.24, 2.45) is 0 Å². The molecular weight excluding hydrogens is 270 g/mol. The van der Waals surface area contributed by atoms with Gasteiger partial charge in [0.1, 0.15) is 17.4 Å². The summed E-state index contributed by atoms with van der Waals surface area (Å²) in [4.78, 5) is 9.85. The second-order valence-corrected chi connectivity index (χ2v) is 5.22. The molecule has 2 rings (SSSR count). The van der Waals surface area contributed by atoms with E-state index in [-0.39, 0.29) is 0 Å². The molecule has 106 valence electrons. The van der Waals surface area contributed by atoms with E-state index in [1.54, 1.807) is 11.8 Å². The largest absolute Gasteiger partial charge is 0.439 e.